The molecule has 0 aromatic heterocycles. The fraction of sp³-hybridized carbons (Fsp3) is 0.625. The summed E-state index contributed by atoms with van der Waals surface area (Å²) < 4.78 is 33.4. The fourth-order valence-electron chi connectivity index (χ4n) is 2.95. The molecule has 0 bridgehead atoms. The molecule has 2 rings (SSSR count). The highest BCUT2D eigenvalue weighted by atomic mass is 19.2. The number of benzene rings is 1. The maximum absolute atomic E-state index is 14.2. The van der Waals surface area contributed by atoms with Crippen LogP contribution >= 0.6 is 0 Å². The molecule has 3 heteroatoms. The summed E-state index contributed by atoms with van der Waals surface area (Å²) in [6.45, 7) is 6.11. The molecule has 0 aliphatic heterocycles. The first-order valence-electron chi connectivity index (χ1n) is 7.15. The van der Waals surface area contributed by atoms with Crippen LogP contribution in [-0.2, 0) is 0 Å². The Hall–Kier alpha value is -1.12. The molecule has 0 unspecified atom stereocenters. The molecule has 1 aromatic rings. The van der Waals surface area contributed by atoms with Crippen LogP contribution in [0.25, 0.3) is 0 Å². The van der Waals surface area contributed by atoms with Crippen molar-refractivity contribution in [3.8, 4) is 5.75 Å². The van der Waals surface area contributed by atoms with Crippen molar-refractivity contribution in [1.29, 1.82) is 0 Å². The predicted molar refractivity (Wildman–Crippen MR) is 72.6 cm³/mol. The van der Waals surface area contributed by atoms with Gasteiger partial charge >= 0.3 is 0 Å². The third-order valence-electron chi connectivity index (χ3n) is 4.12. The van der Waals surface area contributed by atoms with E-state index in [-0.39, 0.29) is 11.7 Å². The van der Waals surface area contributed by atoms with Crippen LogP contribution in [0.1, 0.15) is 56.6 Å². The van der Waals surface area contributed by atoms with Crippen molar-refractivity contribution in [2.45, 2.75) is 52.4 Å². The second-order valence-electron chi connectivity index (χ2n) is 5.63. The van der Waals surface area contributed by atoms with Gasteiger partial charge in [0.25, 0.3) is 0 Å². The van der Waals surface area contributed by atoms with Gasteiger partial charge in [-0.05, 0) is 55.7 Å². The third-order valence-corrected chi connectivity index (χ3v) is 4.12. The largest absolute Gasteiger partial charge is 0.490 e. The summed E-state index contributed by atoms with van der Waals surface area (Å²) in [7, 11) is 0. The summed E-state index contributed by atoms with van der Waals surface area (Å²) in [5.41, 5.74) is 1.22. The number of halogens is 2. The molecule has 0 saturated heterocycles. The third kappa shape index (κ3) is 2.90. The first-order chi connectivity index (χ1) is 9.04. The quantitative estimate of drug-likeness (QED) is 0.752. The first-order valence-corrected chi connectivity index (χ1v) is 7.15. The van der Waals surface area contributed by atoms with Gasteiger partial charge in [-0.15, -0.1) is 0 Å². The van der Waals surface area contributed by atoms with Gasteiger partial charge in [-0.3, -0.25) is 0 Å². The second-order valence-corrected chi connectivity index (χ2v) is 5.63. The average Bonchev–Trinajstić information content (AvgIpc) is 2.40. The van der Waals surface area contributed by atoms with Crippen LogP contribution in [0.5, 0.6) is 5.75 Å². The van der Waals surface area contributed by atoms with E-state index in [0.717, 1.165) is 25.7 Å². The Labute approximate surface area is 114 Å². The Bertz CT molecular complexity index is 449. The van der Waals surface area contributed by atoms with Gasteiger partial charge in [0, 0.05) is 0 Å². The van der Waals surface area contributed by atoms with E-state index in [1.807, 2.05) is 0 Å². The molecule has 19 heavy (non-hydrogen) atoms. The van der Waals surface area contributed by atoms with E-state index in [4.69, 9.17) is 4.74 Å². The van der Waals surface area contributed by atoms with Crippen LogP contribution in [-0.4, -0.2) is 6.61 Å². The SMILES string of the molecule is CCOc1c(C)cc(C2CCC(C)CC2)c(F)c1F. The Morgan fingerprint density at radius 2 is 1.79 bits per heavy atom. The minimum absolute atomic E-state index is 0.0629. The first kappa shape index (κ1) is 14.3. The monoisotopic (exact) mass is 268 g/mol. The van der Waals surface area contributed by atoms with Gasteiger partial charge in [0.15, 0.2) is 11.6 Å². The van der Waals surface area contributed by atoms with Gasteiger partial charge in [0.2, 0.25) is 5.82 Å². The van der Waals surface area contributed by atoms with Gasteiger partial charge in [0.05, 0.1) is 6.61 Å². The number of ether oxygens (including phenoxy) is 1. The molecule has 0 heterocycles. The molecule has 0 amide bonds. The van der Waals surface area contributed by atoms with Crippen LogP contribution in [0.4, 0.5) is 8.78 Å². The Morgan fingerprint density at radius 1 is 1.16 bits per heavy atom. The molecule has 1 aliphatic carbocycles. The summed E-state index contributed by atoms with van der Waals surface area (Å²) in [5.74, 6) is -0.620. The fourth-order valence-corrected chi connectivity index (χ4v) is 2.95. The summed E-state index contributed by atoms with van der Waals surface area (Å²) >= 11 is 0. The molecule has 1 aromatic carbocycles. The number of hydrogen-bond donors (Lipinski definition) is 0. The summed E-state index contributed by atoms with van der Waals surface area (Å²) in [6.07, 6.45) is 4.09. The van der Waals surface area contributed by atoms with Crippen molar-refractivity contribution in [1.82, 2.24) is 0 Å². The minimum atomic E-state index is -0.824. The van der Waals surface area contributed by atoms with E-state index in [1.54, 1.807) is 19.9 Å². The molecule has 1 fully saturated rings. The lowest BCUT2D eigenvalue weighted by Gasteiger charge is -2.27. The van der Waals surface area contributed by atoms with Gasteiger partial charge < -0.3 is 4.74 Å². The maximum Gasteiger partial charge on any atom is 0.201 e. The molecule has 106 valence electrons. The predicted octanol–water partition coefficient (Wildman–Crippen LogP) is 4.97. The Balaban J connectivity index is 2.31. The zero-order chi connectivity index (χ0) is 14.0. The summed E-state index contributed by atoms with van der Waals surface area (Å²) in [6, 6.07) is 1.77. The molecule has 1 nitrogen and oxygen atoms in total. The second kappa shape index (κ2) is 5.89. The van der Waals surface area contributed by atoms with Crippen molar-refractivity contribution in [3.63, 3.8) is 0 Å². The van der Waals surface area contributed by atoms with Gasteiger partial charge in [-0.1, -0.05) is 19.8 Å². The van der Waals surface area contributed by atoms with Crippen LogP contribution in [0.3, 0.4) is 0 Å². The van der Waals surface area contributed by atoms with E-state index >= 15 is 0 Å². The average molecular weight is 268 g/mol. The summed E-state index contributed by atoms with van der Waals surface area (Å²) in [4.78, 5) is 0. The summed E-state index contributed by atoms with van der Waals surface area (Å²) in [5, 5.41) is 0. The van der Waals surface area contributed by atoms with Gasteiger partial charge in [-0.25, -0.2) is 4.39 Å². The molecule has 0 N–H and O–H groups in total. The van der Waals surface area contributed by atoms with E-state index < -0.39 is 11.6 Å². The van der Waals surface area contributed by atoms with Crippen molar-refractivity contribution in [2.75, 3.05) is 6.61 Å². The lowest BCUT2D eigenvalue weighted by atomic mass is 9.79. The normalized spacial score (nSPS) is 23.4. The van der Waals surface area contributed by atoms with Gasteiger partial charge in [-0.2, -0.15) is 4.39 Å². The Kier molecular flexibility index (Phi) is 4.43. The van der Waals surface area contributed by atoms with E-state index in [1.165, 1.54) is 0 Å². The van der Waals surface area contributed by atoms with Crippen LogP contribution in [0, 0.1) is 24.5 Å². The van der Waals surface area contributed by atoms with Crippen LogP contribution in [0.15, 0.2) is 6.07 Å². The Morgan fingerprint density at radius 3 is 2.37 bits per heavy atom. The molecule has 0 atom stereocenters. The standard InChI is InChI=1S/C16H22F2O/c1-4-19-16-11(3)9-13(14(17)15(16)18)12-7-5-10(2)6-8-12/h9-10,12H,4-8H2,1-3H3. The number of hydrogen-bond acceptors (Lipinski definition) is 1. The zero-order valence-corrected chi connectivity index (χ0v) is 11.9. The molecular weight excluding hydrogens is 246 g/mol. The van der Waals surface area contributed by atoms with Crippen molar-refractivity contribution in [2.24, 2.45) is 5.92 Å². The zero-order valence-electron chi connectivity index (χ0n) is 11.9. The smallest absolute Gasteiger partial charge is 0.201 e. The topological polar surface area (TPSA) is 9.23 Å². The lowest BCUT2D eigenvalue weighted by molar-refractivity contribution is 0.305. The maximum atomic E-state index is 14.2. The highest BCUT2D eigenvalue weighted by Crippen LogP contribution is 2.39. The van der Waals surface area contributed by atoms with Gasteiger partial charge in [0.1, 0.15) is 0 Å². The van der Waals surface area contributed by atoms with E-state index in [2.05, 4.69) is 6.92 Å². The molecule has 1 aliphatic rings. The van der Waals surface area contributed by atoms with Crippen LogP contribution in [0.2, 0.25) is 0 Å². The van der Waals surface area contributed by atoms with E-state index in [0.29, 0.717) is 23.7 Å². The highest BCUT2D eigenvalue weighted by Gasteiger charge is 2.26. The van der Waals surface area contributed by atoms with E-state index in [9.17, 15) is 8.78 Å². The molecule has 1 saturated carbocycles. The molecular formula is C16H22F2O. The van der Waals surface area contributed by atoms with Crippen molar-refractivity contribution >= 4 is 0 Å². The lowest BCUT2D eigenvalue weighted by Crippen LogP contribution is -2.13. The molecule has 0 spiro atoms. The number of aryl methyl sites for hydroxylation is 1. The molecule has 0 radical (unpaired) electrons. The van der Waals surface area contributed by atoms with Crippen LogP contribution < -0.4 is 4.74 Å². The highest BCUT2D eigenvalue weighted by molar-refractivity contribution is 5.40. The van der Waals surface area contributed by atoms with Crippen molar-refractivity contribution < 1.29 is 13.5 Å². The minimum Gasteiger partial charge on any atom is -0.490 e. The van der Waals surface area contributed by atoms with Crippen molar-refractivity contribution in [3.05, 3.63) is 28.8 Å². The number of rotatable bonds is 3.